The lowest BCUT2D eigenvalue weighted by Crippen LogP contribution is -2.14. The number of rotatable bonds is 3. The Balaban J connectivity index is 1.73. The molecule has 0 N–H and O–H groups in total. The molecule has 110 valence electrons. The third-order valence-electron chi connectivity index (χ3n) is 4.26. The van der Waals surface area contributed by atoms with Crippen molar-refractivity contribution < 1.29 is 4.52 Å². The summed E-state index contributed by atoms with van der Waals surface area (Å²) in [5.74, 6) is 1.18. The van der Waals surface area contributed by atoms with Gasteiger partial charge in [-0.05, 0) is 24.5 Å². The number of pyridine rings is 1. The minimum atomic E-state index is -0.132. The Morgan fingerprint density at radius 1 is 1.14 bits per heavy atom. The van der Waals surface area contributed by atoms with Gasteiger partial charge in [-0.1, -0.05) is 35.5 Å². The number of benzene rings is 1. The summed E-state index contributed by atoms with van der Waals surface area (Å²) in [7, 11) is 1.71. The van der Waals surface area contributed by atoms with Crippen molar-refractivity contribution in [2.75, 3.05) is 0 Å². The van der Waals surface area contributed by atoms with Gasteiger partial charge >= 0.3 is 0 Å². The highest BCUT2D eigenvalue weighted by Crippen LogP contribution is 2.52. The fourth-order valence-corrected chi connectivity index (χ4v) is 2.77. The first-order valence-electron chi connectivity index (χ1n) is 7.26. The van der Waals surface area contributed by atoms with Crippen LogP contribution in [0.3, 0.4) is 0 Å². The number of hydrogen-bond acceptors (Lipinski definition) is 4. The van der Waals surface area contributed by atoms with Gasteiger partial charge in [0.25, 0.3) is 0 Å². The lowest BCUT2D eigenvalue weighted by molar-refractivity contribution is 0.360. The Labute approximate surface area is 127 Å². The smallest absolute Gasteiger partial charge is 0.250 e. The van der Waals surface area contributed by atoms with Gasteiger partial charge < -0.3 is 9.09 Å². The molecule has 3 aromatic rings. The van der Waals surface area contributed by atoms with E-state index < -0.39 is 0 Å². The van der Waals surface area contributed by atoms with E-state index in [-0.39, 0.29) is 11.0 Å². The maximum Gasteiger partial charge on any atom is 0.250 e. The Kier molecular flexibility index (Phi) is 2.76. The van der Waals surface area contributed by atoms with Crippen LogP contribution in [-0.4, -0.2) is 14.7 Å². The quantitative estimate of drug-likeness (QED) is 0.744. The van der Waals surface area contributed by atoms with Crippen molar-refractivity contribution in [3.63, 3.8) is 0 Å². The fourth-order valence-electron chi connectivity index (χ4n) is 2.77. The summed E-state index contributed by atoms with van der Waals surface area (Å²) in [6, 6.07) is 13.5. The van der Waals surface area contributed by atoms with E-state index >= 15 is 0 Å². The summed E-state index contributed by atoms with van der Waals surface area (Å²) >= 11 is 0. The molecule has 0 amide bonds. The lowest BCUT2D eigenvalue weighted by atomic mass is 9.96. The van der Waals surface area contributed by atoms with Gasteiger partial charge in [-0.3, -0.25) is 4.79 Å². The molecule has 2 heterocycles. The van der Waals surface area contributed by atoms with Crippen LogP contribution in [0.4, 0.5) is 0 Å². The zero-order valence-electron chi connectivity index (χ0n) is 12.2. The van der Waals surface area contributed by atoms with Gasteiger partial charge in [-0.25, -0.2) is 0 Å². The largest absolute Gasteiger partial charge is 0.338 e. The van der Waals surface area contributed by atoms with E-state index in [1.807, 2.05) is 18.2 Å². The van der Waals surface area contributed by atoms with Crippen molar-refractivity contribution in [1.29, 1.82) is 0 Å². The van der Waals surface area contributed by atoms with Gasteiger partial charge in [-0.2, -0.15) is 4.98 Å². The monoisotopic (exact) mass is 293 g/mol. The van der Waals surface area contributed by atoms with Crippen LogP contribution in [0, 0.1) is 0 Å². The average Bonchev–Trinajstić information content (AvgIpc) is 3.21. The summed E-state index contributed by atoms with van der Waals surface area (Å²) < 4.78 is 7.03. The average molecular weight is 293 g/mol. The van der Waals surface area contributed by atoms with Gasteiger partial charge in [0.05, 0.1) is 5.41 Å². The third-order valence-corrected chi connectivity index (χ3v) is 4.26. The molecule has 0 spiro atoms. The summed E-state index contributed by atoms with van der Waals surface area (Å²) in [6.07, 6.45) is 3.76. The molecule has 0 bridgehead atoms. The molecule has 1 aliphatic rings. The van der Waals surface area contributed by atoms with Crippen LogP contribution in [0.5, 0.6) is 0 Å². The second kappa shape index (κ2) is 4.66. The van der Waals surface area contributed by atoms with Crippen molar-refractivity contribution in [1.82, 2.24) is 14.7 Å². The predicted molar refractivity (Wildman–Crippen MR) is 81.4 cm³/mol. The summed E-state index contributed by atoms with van der Waals surface area (Å²) in [5.41, 5.74) is 1.80. The number of aromatic nitrogens is 3. The number of nitrogens with zero attached hydrogens (tertiary/aromatic N) is 3. The van der Waals surface area contributed by atoms with Gasteiger partial charge in [0.15, 0.2) is 0 Å². The standard InChI is InChI=1S/C17H15N3O2/c1-20-11-12(7-8-14(20)21)15-18-16(22-19-15)17(9-10-17)13-5-3-2-4-6-13/h2-8,11H,9-10H2,1H3. The first-order valence-corrected chi connectivity index (χ1v) is 7.26. The minimum absolute atomic E-state index is 0.0598. The first-order chi connectivity index (χ1) is 10.7. The highest BCUT2D eigenvalue weighted by molar-refractivity contribution is 5.53. The van der Waals surface area contributed by atoms with Crippen molar-refractivity contribution in [3.05, 3.63) is 70.5 Å². The summed E-state index contributed by atoms with van der Waals surface area (Å²) in [6.45, 7) is 0. The number of aryl methyl sites for hydroxylation is 1. The molecule has 5 heteroatoms. The molecule has 4 rings (SSSR count). The topological polar surface area (TPSA) is 60.9 Å². The van der Waals surface area contributed by atoms with Crippen LogP contribution in [0.25, 0.3) is 11.4 Å². The molecule has 1 aliphatic carbocycles. The molecule has 0 saturated heterocycles. The molecular weight excluding hydrogens is 278 g/mol. The molecule has 5 nitrogen and oxygen atoms in total. The van der Waals surface area contributed by atoms with Crippen LogP contribution in [0.1, 0.15) is 24.3 Å². The predicted octanol–water partition coefficient (Wildman–Crippen LogP) is 2.52. The summed E-state index contributed by atoms with van der Waals surface area (Å²) in [4.78, 5) is 16.0. The van der Waals surface area contributed by atoms with Crippen LogP contribution in [0.15, 0.2) is 58.0 Å². The van der Waals surface area contributed by atoms with Gasteiger partial charge in [0, 0.05) is 24.9 Å². The Bertz CT molecular complexity index is 876. The fraction of sp³-hybridized carbons (Fsp3) is 0.235. The number of hydrogen-bond donors (Lipinski definition) is 0. The van der Waals surface area contributed by atoms with Crippen LogP contribution in [-0.2, 0) is 12.5 Å². The third kappa shape index (κ3) is 1.97. The lowest BCUT2D eigenvalue weighted by Gasteiger charge is -2.09. The van der Waals surface area contributed by atoms with Crippen LogP contribution < -0.4 is 5.56 Å². The van der Waals surface area contributed by atoms with Gasteiger partial charge in [0.1, 0.15) is 0 Å². The SMILES string of the molecule is Cn1cc(-c2noc(C3(c4ccccc4)CC3)n2)ccc1=O. The Morgan fingerprint density at radius 2 is 1.91 bits per heavy atom. The molecule has 1 saturated carbocycles. The zero-order chi connectivity index (χ0) is 15.2. The van der Waals surface area contributed by atoms with Crippen molar-refractivity contribution >= 4 is 0 Å². The second-order valence-electron chi connectivity index (χ2n) is 5.74. The van der Waals surface area contributed by atoms with Crippen LogP contribution in [0.2, 0.25) is 0 Å². The van der Waals surface area contributed by atoms with E-state index in [9.17, 15) is 4.79 Å². The van der Waals surface area contributed by atoms with Crippen molar-refractivity contribution in [2.45, 2.75) is 18.3 Å². The molecule has 0 atom stereocenters. The second-order valence-corrected chi connectivity index (χ2v) is 5.74. The molecule has 22 heavy (non-hydrogen) atoms. The molecule has 0 unspecified atom stereocenters. The molecule has 0 radical (unpaired) electrons. The van der Waals surface area contributed by atoms with Crippen molar-refractivity contribution in [2.24, 2.45) is 7.05 Å². The van der Waals surface area contributed by atoms with E-state index in [0.717, 1.165) is 18.4 Å². The Hall–Kier alpha value is -2.69. The highest BCUT2D eigenvalue weighted by atomic mass is 16.5. The van der Waals surface area contributed by atoms with E-state index in [0.29, 0.717) is 11.7 Å². The maximum atomic E-state index is 11.5. The van der Waals surface area contributed by atoms with Gasteiger partial charge in [-0.15, -0.1) is 0 Å². The van der Waals surface area contributed by atoms with E-state index in [4.69, 9.17) is 4.52 Å². The normalized spacial score (nSPS) is 15.7. The molecule has 1 aromatic carbocycles. The van der Waals surface area contributed by atoms with E-state index in [1.165, 1.54) is 16.2 Å². The minimum Gasteiger partial charge on any atom is -0.338 e. The molecular formula is C17H15N3O2. The van der Waals surface area contributed by atoms with E-state index in [2.05, 4.69) is 22.3 Å². The summed E-state index contributed by atoms with van der Waals surface area (Å²) in [5, 5.41) is 4.09. The zero-order valence-corrected chi connectivity index (χ0v) is 12.2. The highest BCUT2D eigenvalue weighted by Gasteiger charge is 2.50. The molecule has 2 aromatic heterocycles. The van der Waals surface area contributed by atoms with E-state index in [1.54, 1.807) is 19.3 Å². The molecule has 0 aliphatic heterocycles. The molecule has 1 fully saturated rings. The van der Waals surface area contributed by atoms with Crippen molar-refractivity contribution in [3.8, 4) is 11.4 Å². The van der Waals surface area contributed by atoms with Crippen LogP contribution >= 0.6 is 0 Å². The Morgan fingerprint density at radius 3 is 2.59 bits per heavy atom. The first kappa shape index (κ1) is 13.0. The van der Waals surface area contributed by atoms with Gasteiger partial charge in [0.2, 0.25) is 17.3 Å². The maximum absolute atomic E-state index is 11.5.